The molecule has 0 spiro atoms. The molecule has 1 rings (SSSR count). The van der Waals surface area contributed by atoms with Crippen LogP contribution in [0.1, 0.15) is 33.6 Å². The topological polar surface area (TPSA) is 138 Å². The Morgan fingerprint density at radius 2 is 1.82 bits per heavy atom. The molecular weight excluding hydrogens is 368 g/mol. The van der Waals surface area contributed by atoms with Gasteiger partial charge in [0.1, 0.15) is 11.6 Å². The summed E-state index contributed by atoms with van der Waals surface area (Å²) >= 11 is 0. The first-order valence-electron chi connectivity index (χ1n) is 9.23. The summed E-state index contributed by atoms with van der Waals surface area (Å²) in [5, 5.41) is 11.9. The minimum Gasteiger partial charge on any atom is -0.458 e. The van der Waals surface area contributed by atoms with Crippen molar-refractivity contribution in [3.05, 3.63) is 0 Å². The summed E-state index contributed by atoms with van der Waals surface area (Å²) in [6, 6.07) is -1.04. The highest BCUT2D eigenvalue weighted by Gasteiger charge is 2.27. The van der Waals surface area contributed by atoms with Crippen LogP contribution in [-0.2, 0) is 28.7 Å². The van der Waals surface area contributed by atoms with Crippen LogP contribution < -0.4 is 10.6 Å². The van der Waals surface area contributed by atoms with Crippen LogP contribution in [0.3, 0.4) is 0 Å². The number of ether oxygens (including phenoxy) is 2. The zero-order valence-corrected chi connectivity index (χ0v) is 16.7. The van der Waals surface area contributed by atoms with E-state index in [1.54, 1.807) is 20.8 Å². The van der Waals surface area contributed by atoms with Crippen molar-refractivity contribution in [3.8, 4) is 0 Å². The fourth-order valence-corrected chi connectivity index (χ4v) is 2.42. The summed E-state index contributed by atoms with van der Waals surface area (Å²) in [4.78, 5) is 49.6. The van der Waals surface area contributed by atoms with Crippen molar-refractivity contribution in [2.75, 3.05) is 39.4 Å². The summed E-state index contributed by atoms with van der Waals surface area (Å²) in [5.74, 6) is -1.99. The SMILES string of the molecule is CC(C)(C)OC(=O)[C@H](CCC(=O)C=N)NC(=O)CNC(=O)CN1CCOCC1. The fraction of sp³-hybridized carbons (Fsp3) is 0.722. The van der Waals surface area contributed by atoms with Gasteiger partial charge in [-0.15, -0.1) is 0 Å². The van der Waals surface area contributed by atoms with E-state index in [1.165, 1.54) is 0 Å². The molecule has 0 saturated carbocycles. The molecule has 0 bridgehead atoms. The largest absolute Gasteiger partial charge is 0.458 e. The van der Waals surface area contributed by atoms with E-state index in [-0.39, 0.29) is 31.8 Å². The third kappa shape index (κ3) is 10.1. The van der Waals surface area contributed by atoms with Crippen LogP contribution in [0.5, 0.6) is 0 Å². The Kier molecular flexibility index (Phi) is 9.74. The first-order chi connectivity index (χ1) is 13.1. The first kappa shape index (κ1) is 23.7. The van der Waals surface area contributed by atoms with Crippen LogP contribution in [-0.4, -0.2) is 85.7 Å². The Bertz CT molecular complexity index is 581. The fourth-order valence-electron chi connectivity index (χ4n) is 2.42. The number of carbonyl (C=O) groups excluding carboxylic acids is 4. The number of rotatable bonds is 10. The number of hydrogen-bond donors (Lipinski definition) is 3. The number of esters is 1. The second-order valence-electron chi connectivity index (χ2n) is 7.47. The Morgan fingerprint density at radius 3 is 2.39 bits per heavy atom. The molecule has 1 aliphatic heterocycles. The monoisotopic (exact) mass is 398 g/mol. The number of nitrogens with one attached hydrogen (secondary N) is 3. The summed E-state index contributed by atoms with van der Waals surface area (Å²) in [6.07, 6.45) is 0.605. The molecule has 28 heavy (non-hydrogen) atoms. The predicted octanol–water partition coefficient (Wildman–Crippen LogP) is -0.740. The van der Waals surface area contributed by atoms with Gasteiger partial charge in [-0.25, -0.2) is 4.79 Å². The van der Waals surface area contributed by atoms with Crippen molar-refractivity contribution >= 4 is 29.8 Å². The molecule has 1 fully saturated rings. The van der Waals surface area contributed by atoms with Crippen LogP contribution in [0.25, 0.3) is 0 Å². The number of ketones is 1. The highest BCUT2D eigenvalue weighted by molar-refractivity contribution is 6.26. The van der Waals surface area contributed by atoms with E-state index < -0.39 is 29.3 Å². The lowest BCUT2D eigenvalue weighted by Crippen LogP contribution is -2.49. The van der Waals surface area contributed by atoms with Crippen molar-refractivity contribution in [1.82, 2.24) is 15.5 Å². The van der Waals surface area contributed by atoms with Crippen LogP contribution in [0.4, 0.5) is 0 Å². The van der Waals surface area contributed by atoms with E-state index in [2.05, 4.69) is 10.6 Å². The third-order valence-electron chi connectivity index (χ3n) is 3.78. The Morgan fingerprint density at radius 1 is 1.18 bits per heavy atom. The minimum absolute atomic E-state index is 0.0105. The lowest BCUT2D eigenvalue weighted by atomic mass is 10.1. The quantitative estimate of drug-likeness (QED) is 0.325. The lowest BCUT2D eigenvalue weighted by Gasteiger charge is -2.26. The van der Waals surface area contributed by atoms with E-state index in [1.807, 2.05) is 4.90 Å². The van der Waals surface area contributed by atoms with Crippen LogP contribution in [0.2, 0.25) is 0 Å². The van der Waals surface area contributed by atoms with Gasteiger partial charge >= 0.3 is 5.97 Å². The molecule has 1 atom stereocenters. The molecule has 3 N–H and O–H groups in total. The van der Waals surface area contributed by atoms with E-state index in [0.717, 1.165) is 0 Å². The highest BCUT2D eigenvalue weighted by atomic mass is 16.6. The van der Waals surface area contributed by atoms with Crippen molar-refractivity contribution in [3.63, 3.8) is 0 Å². The van der Waals surface area contributed by atoms with Gasteiger partial charge in [0.15, 0.2) is 5.78 Å². The molecule has 2 amide bonds. The number of carbonyl (C=O) groups is 4. The smallest absolute Gasteiger partial charge is 0.329 e. The molecule has 1 saturated heterocycles. The van der Waals surface area contributed by atoms with Crippen molar-refractivity contribution in [1.29, 1.82) is 5.41 Å². The molecule has 0 aromatic heterocycles. The second-order valence-corrected chi connectivity index (χ2v) is 7.47. The van der Waals surface area contributed by atoms with Gasteiger partial charge in [-0.1, -0.05) is 0 Å². The van der Waals surface area contributed by atoms with Crippen molar-refractivity contribution in [2.24, 2.45) is 0 Å². The van der Waals surface area contributed by atoms with Gasteiger partial charge in [0.25, 0.3) is 0 Å². The van der Waals surface area contributed by atoms with Gasteiger partial charge in [0, 0.05) is 19.5 Å². The first-order valence-corrected chi connectivity index (χ1v) is 9.23. The molecular formula is C18H30N4O6. The standard InChI is InChI=1S/C18H30N4O6/c1-18(2,3)28-17(26)14(5-4-13(23)10-19)21-15(24)11-20-16(25)12-22-6-8-27-9-7-22/h10,14,19H,4-9,11-12H2,1-3H3,(H,20,25)(H,21,24)/t14-/m0/s1. The molecule has 0 aliphatic carbocycles. The van der Waals surface area contributed by atoms with Crippen molar-refractivity contribution < 1.29 is 28.7 Å². The average Bonchev–Trinajstić information content (AvgIpc) is 2.62. The highest BCUT2D eigenvalue weighted by Crippen LogP contribution is 2.11. The van der Waals surface area contributed by atoms with Crippen LogP contribution in [0.15, 0.2) is 0 Å². The number of hydrogen-bond acceptors (Lipinski definition) is 8. The van der Waals surface area contributed by atoms with Crippen molar-refractivity contribution in [2.45, 2.75) is 45.3 Å². The number of Topliss-reactive ketones (excluding diaryl/α,β-unsaturated/α-hetero) is 1. The molecule has 10 nitrogen and oxygen atoms in total. The van der Waals surface area contributed by atoms with E-state index in [4.69, 9.17) is 14.9 Å². The minimum atomic E-state index is -1.04. The molecule has 0 aromatic rings. The molecule has 1 aliphatic rings. The summed E-state index contributed by atoms with van der Waals surface area (Å²) in [5.41, 5.74) is -0.752. The number of morpholine rings is 1. The van der Waals surface area contributed by atoms with Gasteiger partial charge in [0.2, 0.25) is 11.8 Å². The maximum absolute atomic E-state index is 12.3. The van der Waals surface area contributed by atoms with Gasteiger partial charge in [0.05, 0.1) is 32.5 Å². The van der Waals surface area contributed by atoms with Crippen LogP contribution >= 0.6 is 0 Å². The van der Waals surface area contributed by atoms with E-state index in [9.17, 15) is 19.2 Å². The van der Waals surface area contributed by atoms with Gasteiger partial charge in [-0.05, 0) is 27.2 Å². The zero-order valence-electron chi connectivity index (χ0n) is 16.7. The van der Waals surface area contributed by atoms with Gasteiger partial charge in [-0.3, -0.25) is 19.3 Å². The molecule has 0 aromatic carbocycles. The Balaban J connectivity index is 2.51. The lowest BCUT2D eigenvalue weighted by molar-refractivity contribution is -0.158. The van der Waals surface area contributed by atoms with E-state index >= 15 is 0 Å². The Hall–Kier alpha value is -2.33. The van der Waals surface area contributed by atoms with Crippen LogP contribution in [0, 0.1) is 5.41 Å². The molecule has 0 unspecified atom stereocenters. The molecule has 1 heterocycles. The predicted molar refractivity (Wildman–Crippen MR) is 101 cm³/mol. The maximum atomic E-state index is 12.3. The van der Waals surface area contributed by atoms with E-state index in [0.29, 0.717) is 32.5 Å². The summed E-state index contributed by atoms with van der Waals surface area (Å²) in [6.45, 7) is 7.40. The molecule has 0 radical (unpaired) electrons. The molecule has 10 heteroatoms. The molecule has 158 valence electrons. The van der Waals surface area contributed by atoms with Gasteiger partial charge < -0.3 is 25.5 Å². The third-order valence-corrected chi connectivity index (χ3v) is 3.78. The van der Waals surface area contributed by atoms with Gasteiger partial charge in [-0.2, -0.15) is 0 Å². The number of amides is 2. The Labute approximate surface area is 164 Å². The summed E-state index contributed by atoms with van der Waals surface area (Å²) in [7, 11) is 0. The zero-order chi connectivity index (χ0) is 21.2. The maximum Gasteiger partial charge on any atom is 0.329 e. The summed E-state index contributed by atoms with van der Waals surface area (Å²) < 4.78 is 10.5. The average molecular weight is 398 g/mol. The normalized spacial score (nSPS) is 16.0. The second kappa shape index (κ2) is 11.5. The number of nitrogens with zero attached hydrogens (tertiary/aromatic N) is 1.